The Labute approximate surface area is 236 Å². The smallest absolute Gasteiger partial charge is 0.292 e. The first kappa shape index (κ1) is 25.4. The van der Waals surface area contributed by atoms with Crippen LogP contribution in [0.4, 0.5) is 11.8 Å². The van der Waals surface area contributed by atoms with E-state index in [1.54, 1.807) is 0 Å². The molecule has 2 aromatic carbocycles. The van der Waals surface area contributed by atoms with Crippen molar-refractivity contribution < 1.29 is 4.42 Å². The van der Waals surface area contributed by atoms with Crippen LogP contribution in [-0.4, -0.2) is 79.3 Å². The van der Waals surface area contributed by atoms with E-state index in [0.29, 0.717) is 40.2 Å². The fourth-order valence-corrected chi connectivity index (χ4v) is 5.83. The summed E-state index contributed by atoms with van der Waals surface area (Å²) in [6.07, 6.45) is 2.36. The summed E-state index contributed by atoms with van der Waals surface area (Å²) in [5.74, 6) is 0.367. The molecule has 1 aliphatic rings. The topological polar surface area (TPSA) is 141 Å². The second-order valence-corrected chi connectivity index (χ2v) is 10.8. The second-order valence-electron chi connectivity index (χ2n) is 10.8. The lowest BCUT2D eigenvalue weighted by molar-refractivity contribution is 0.155. The van der Waals surface area contributed by atoms with Gasteiger partial charge in [0.05, 0.1) is 23.3 Å². The zero-order valence-electron chi connectivity index (χ0n) is 23.2. The molecule has 1 fully saturated rings. The maximum absolute atomic E-state index is 6.37. The van der Waals surface area contributed by atoms with Crippen LogP contribution >= 0.6 is 0 Å². The summed E-state index contributed by atoms with van der Waals surface area (Å²) in [6.45, 7) is 7.97. The lowest BCUT2D eigenvalue weighted by Crippen LogP contribution is -2.45. The number of hydrogen-bond acceptors (Lipinski definition) is 10. The van der Waals surface area contributed by atoms with Crippen molar-refractivity contribution in [2.75, 3.05) is 51.2 Å². The third-order valence-corrected chi connectivity index (χ3v) is 8.00. The number of hydrogen-bond donors (Lipinski definition) is 2. The number of anilines is 2. The Balaban J connectivity index is 1.27. The Morgan fingerprint density at radius 3 is 2.66 bits per heavy atom. The van der Waals surface area contributed by atoms with E-state index < -0.39 is 0 Å². The fourth-order valence-electron chi connectivity index (χ4n) is 5.83. The highest BCUT2D eigenvalue weighted by Crippen LogP contribution is 2.33. The summed E-state index contributed by atoms with van der Waals surface area (Å²) in [6, 6.07) is 14.3. The molecule has 11 heteroatoms. The SMILES string of the molecule is Cc1cccc2cc(Cn3nc(-c4ccc5oc(N)nc5c4)c4c(N)ncnc43)nc(CCN3CCN(C)CC3)c12. The zero-order chi connectivity index (χ0) is 28.1. The van der Waals surface area contributed by atoms with Crippen LogP contribution in [0.15, 0.2) is 53.2 Å². The van der Waals surface area contributed by atoms with E-state index in [1.165, 1.54) is 22.7 Å². The molecule has 0 spiro atoms. The van der Waals surface area contributed by atoms with Gasteiger partial charge >= 0.3 is 0 Å². The molecule has 41 heavy (non-hydrogen) atoms. The van der Waals surface area contributed by atoms with Crippen molar-refractivity contribution in [1.82, 2.24) is 39.5 Å². The standard InChI is InChI=1S/C30H32N10O/c1-18-4-3-5-19-14-21(35-22(25(18)19)8-9-39-12-10-38(2)11-13-39)16-40-29-26(28(31)33-17-34-29)27(37-40)20-6-7-24-23(15-20)36-30(32)41-24/h3-7,14-15,17H,8-13,16H2,1-2H3,(H2,32,36)(H2,31,33,34). The summed E-state index contributed by atoms with van der Waals surface area (Å²) in [5, 5.41) is 8.09. The monoisotopic (exact) mass is 548 g/mol. The van der Waals surface area contributed by atoms with Crippen LogP contribution in [0.5, 0.6) is 0 Å². The summed E-state index contributed by atoms with van der Waals surface area (Å²) >= 11 is 0. The number of aryl methyl sites for hydroxylation is 1. The molecule has 0 aliphatic carbocycles. The largest absolute Gasteiger partial charge is 0.424 e. The Bertz CT molecular complexity index is 1900. The highest BCUT2D eigenvalue weighted by atomic mass is 16.4. The van der Waals surface area contributed by atoms with Crippen LogP contribution in [0.2, 0.25) is 0 Å². The van der Waals surface area contributed by atoms with Gasteiger partial charge in [-0.15, -0.1) is 0 Å². The molecule has 1 aliphatic heterocycles. The molecular weight excluding hydrogens is 516 g/mol. The summed E-state index contributed by atoms with van der Waals surface area (Å²) in [5.41, 5.74) is 18.8. The Hall–Kier alpha value is -4.61. The fraction of sp³-hybridized carbons (Fsp3) is 0.300. The number of nitrogens with two attached hydrogens (primary N) is 2. The lowest BCUT2D eigenvalue weighted by atomic mass is 10.0. The first-order valence-electron chi connectivity index (χ1n) is 13.9. The van der Waals surface area contributed by atoms with Gasteiger partial charge in [0.25, 0.3) is 6.01 Å². The van der Waals surface area contributed by atoms with E-state index in [4.69, 9.17) is 26.0 Å². The molecule has 7 rings (SSSR count). The van der Waals surface area contributed by atoms with Gasteiger partial charge < -0.3 is 25.7 Å². The third-order valence-electron chi connectivity index (χ3n) is 8.00. The van der Waals surface area contributed by atoms with E-state index >= 15 is 0 Å². The number of aromatic nitrogens is 6. The molecule has 0 bridgehead atoms. The van der Waals surface area contributed by atoms with E-state index in [1.807, 2.05) is 22.9 Å². The minimum absolute atomic E-state index is 0.122. The second kappa shape index (κ2) is 10.1. The van der Waals surface area contributed by atoms with Crippen LogP contribution in [0.1, 0.15) is 17.0 Å². The van der Waals surface area contributed by atoms with Gasteiger partial charge in [0.15, 0.2) is 11.2 Å². The molecule has 4 N–H and O–H groups in total. The molecule has 11 nitrogen and oxygen atoms in total. The Morgan fingerprint density at radius 1 is 0.951 bits per heavy atom. The van der Waals surface area contributed by atoms with Gasteiger partial charge in [0.2, 0.25) is 0 Å². The van der Waals surface area contributed by atoms with Crippen LogP contribution in [0.3, 0.4) is 0 Å². The molecular formula is C30H32N10O. The molecule has 208 valence electrons. The van der Waals surface area contributed by atoms with Gasteiger partial charge in [-0.3, -0.25) is 4.98 Å². The van der Waals surface area contributed by atoms with Crippen molar-refractivity contribution in [3.8, 4) is 11.3 Å². The Morgan fingerprint density at radius 2 is 1.80 bits per heavy atom. The van der Waals surface area contributed by atoms with Crippen molar-refractivity contribution in [1.29, 1.82) is 0 Å². The highest BCUT2D eigenvalue weighted by Gasteiger charge is 2.20. The van der Waals surface area contributed by atoms with Crippen molar-refractivity contribution in [3.05, 3.63) is 65.7 Å². The van der Waals surface area contributed by atoms with E-state index in [2.05, 4.69) is 63.0 Å². The number of piperazine rings is 1. The Kier molecular flexibility index (Phi) is 6.25. The highest BCUT2D eigenvalue weighted by molar-refractivity contribution is 5.99. The molecule has 4 aromatic heterocycles. The average Bonchev–Trinajstić information content (AvgIpc) is 3.52. The predicted octanol–water partition coefficient (Wildman–Crippen LogP) is 3.49. The number of pyridine rings is 1. The number of benzene rings is 2. The number of nitrogen functional groups attached to an aromatic ring is 2. The molecule has 6 aromatic rings. The van der Waals surface area contributed by atoms with Gasteiger partial charge in [-0.1, -0.05) is 18.2 Å². The molecule has 0 unspecified atom stereocenters. The molecule has 0 saturated carbocycles. The maximum Gasteiger partial charge on any atom is 0.292 e. The molecule has 0 radical (unpaired) electrons. The first-order valence-corrected chi connectivity index (χ1v) is 13.9. The third kappa shape index (κ3) is 4.72. The number of rotatable bonds is 6. The normalized spacial score (nSPS) is 15.0. The summed E-state index contributed by atoms with van der Waals surface area (Å²) in [7, 11) is 2.19. The van der Waals surface area contributed by atoms with E-state index in [9.17, 15) is 0 Å². The molecule has 5 heterocycles. The quantitative estimate of drug-likeness (QED) is 0.318. The number of nitrogens with zero attached hydrogens (tertiary/aromatic N) is 8. The van der Waals surface area contributed by atoms with Crippen LogP contribution in [0.25, 0.3) is 44.2 Å². The first-order chi connectivity index (χ1) is 19.9. The zero-order valence-corrected chi connectivity index (χ0v) is 23.2. The van der Waals surface area contributed by atoms with Gasteiger partial charge in [-0.2, -0.15) is 10.1 Å². The van der Waals surface area contributed by atoms with Crippen LogP contribution in [-0.2, 0) is 13.0 Å². The molecule has 0 atom stereocenters. The predicted molar refractivity (Wildman–Crippen MR) is 160 cm³/mol. The number of likely N-dealkylation sites (N-methyl/N-ethyl adjacent to an activating group) is 1. The van der Waals surface area contributed by atoms with Gasteiger partial charge in [0.1, 0.15) is 23.4 Å². The average molecular weight is 549 g/mol. The molecule has 1 saturated heterocycles. The van der Waals surface area contributed by atoms with Crippen LogP contribution < -0.4 is 11.5 Å². The molecule has 0 amide bonds. The summed E-state index contributed by atoms with van der Waals surface area (Å²) < 4.78 is 7.31. The maximum atomic E-state index is 6.37. The minimum Gasteiger partial charge on any atom is -0.424 e. The van der Waals surface area contributed by atoms with Crippen molar-refractivity contribution >= 4 is 44.7 Å². The van der Waals surface area contributed by atoms with Gasteiger partial charge in [-0.05, 0) is 49.2 Å². The van der Waals surface area contributed by atoms with Gasteiger partial charge in [0, 0.05) is 50.1 Å². The van der Waals surface area contributed by atoms with Crippen molar-refractivity contribution in [2.45, 2.75) is 19.9 Å². The lowest BCUT2D eigenvalue weighted by Gasteiger charge is -2.32. The number of oxazole rings is 1. The van der Waals surface area contributed by atoms with Crippen LogP contribution in [0, 0.1) is 6.92 Å². The van der Waals surface area contributed by atoms with E-state index in [0.717, 1.165) is 56.1 Å². The minimum atomic E-state index is 0.122. The van der Waals surface area contributed by atoms with Crippen molar-refractivity contribution in [3.63, 3.8) is 0 Å². The summed E-state index contributed by atoms with van der Waals surface area (Å²) in [4.78, 5) is 23.2. The van der Waals surface area contributed by atoms with E-state index in [-0.39, 0.29) is 6.01 Å². The van der Waals surface area contributed by atoms with Crippen molar-refractivity contribution in [2.24, 2.45) is 0 Å². The number of fused-ring (bicyclic) bond motifs is 3. The van der Waals surface area contributed by atoms with Gasteiger partial charge in [-0.25, -0.2) is 14.6 Å².